The summed E-state index contributed by atoms with van der Waals surface area (Å²) in [4.78, 5) is 0. The third-order valence-corrected chi connectivity index (χ3v) is 3.69. The summed E-state index contributed by atoms with van der Waals surface area (Å²) in [5.41, 5.74) is 4.16. The maximum Gasteiger partial charge on any atom is 0.0522 e. The summed E-state index contributed by atoms with van der Waals surface area (Å²) in [5, 5.41) is 11.0. The molecule has 0 amide bonds. The summed E-state index contributed by atoms with van der Waals surface area (Å²) in [6.45, 7) is 6.63. The van der Waals surface area contributed by atoms with Crippen molar-refractivity contribution in [2.45, 2.75) is 65.0 Å². The second kappa shape index (κ2) is 6.19. The number of nitrogens with one attached hydrogen (secondary N) is 2. The average Bonchev–Trinajstić information content (AvgIpc) is 2.75. The molecule has 100 valence electrons. The summed E-state index contributed by atoms with van der Waals surface area (Å²) in [6, 6.07) is 1.22. The minimum absolute atomic E-state index is 0.596. The highest BCUT2D eigenvalue weighted by Crippen LogP contribution is 2.19. The summed E-state index contributed by atoms with van der Waals surface area (Å²) in [7, 11) is 0. The predicted molar refractivity (Wildman–Crippen MR) is 75.7 cm³/mol. The van der Waals surface area contributed by atoms with Crippen LogP contribution in [-0.4, -0.2) is 22.3 Å². The van der Waals surface area contributed by atoms with Gasteiger partial charge in [0, 0.05) is 17.8 Å². The van der Waals surface area contributed by atoms with Crippen LogP contribution in [0.25, 0.3) is 0 Å². The molecular formula is C15H25N3. The Kier molecular flexibility index (Phi) is 4.59. The first kappa shape index (κ1) is 13.3. The fourth-order valence-electron chi connectivity index (χ4n) is 2.67. The molecule has 2 unspecified atom stereocenters. The molecule has 3 nitrogen and oxygen atoms in total. The van der Waals surface area contributed by atoms with Crippen molar-refractivity contribution in [2.24, 2.45) is 0 Å². The Morgan fingerprint density at radius 1 is 1.61 bits per heavy atom. The number of aryl methyl sites for hydroxylation is 1. The maximum absolute atomic E-state index is 4.13. The number of fused-ring (bicyclic) bond motifs is 1. The quantitative estimate of drug-likeness (QED) is 0.785. The van der Waals surface area contributed by atoms with Gasteiger partial charge in [0.1, 0.15) is 0 Å². The van der Waals surface area contributed by atoms with E-state index in [1.54, 1.807) is 0 Å². The van der Waals surface area contributed by atoms with Crippen LogP contribution in [-0.2, 0) is 12.8 Å². The summed E-state index contributed by atoms with van der Waals surface area (Å²) in [5.74, 6) is 0. The molecule has 1 aliphatic rings. The first-order valence-corrected chi connectivity index (χ1v) is 7.05. The Morgan fingerprint density at radius 3 is 3.22 bits per heavy atom. The lowest BCUT2D eigenvalue weighted by Gasteiger charge is -2.26. The van der Waals surface area contributed by atoms with Gasteiger partial charge in [-0.25, -0.2) is 0 Å². The molecule has 1 aromatic heterocycles. The van der Waals surface area contributed by atoms with E-state index in [1.807, 2.05) is 6.20 Å². The zero-order valence-corrected chi connectivity index (χ0v) is 11.8. The van der Waals surface area contributed by atoms with Crippen molar-refractivity contribution >= 4 is 0 Å². The van der Waals surface area contributed by atoms with Gasteiger partial charge in [-0.15, -0.1) is 0 Å². The van der Waals surface area contributed by atoms with Crippen LogP contribution in [0.4, 0.5) is 0 Å². The second-order valence-corrected chi connectivity index (χ2v) is 5.74. The molecule has 3 heteroatoms. The van der Waals surface area contributed by atoms with E-state index in [-0.39, 0.29) is 0 Å². The molecule has 0 radical (unpaired) electrons. The molecular weight excluding hydrogens is 222 g/mol. The molecule has 0 saturated carbocycles. The molecule has 0 fully saturated rings. The Morgan fingerprint density at radius 2 is 2.44 bits per heavy atom. The molecule has 2 N–H and O–H groups in total. The van der Waals surface area contributed by atoms with E-state index in [0.29, 0.717) is 12.1 Å². The van der Waals surface area contributed by atoms with E-state index in [4.69, 9.17) is 0 Å². The number of H-pyrrole nitrogens is 1. The molecule has 18 heavy (non-hydrogen) atoms. The fraction of sp³-hybridized carbons (Fsp3) is 0.667. The zero-order valence-electron chi connectivity index (χ0n) is 11.8. The number of nitrogens with zero attached hydrogens (tertiary/aromatic N) is 1. The van der Waals surface area contributed by atoms with Crippen LogP contribution < -0.4 is 5.32 Å². The van der Waals surface area contributed by atoms with Crippen molar-refractivity contribution in [2.75, 3.05) is 0 Å². The van der Waals surface area contributed by atoms with Gasteiger partial charge in [0.25, 0.3) is 0 Å². The van der Waals surface area contributed by atoms with E-state index >= 15 is 0 Å². The fourth-order valence-corrected chi connectivity index (χ4v) is 2.67. The van der Waals surface area contributed by atoms with E-state index in [9.17, 15) is 0 Å². The van der Waals surface area contributed by atoms with E-state index in [1.165, 1.54) is 36.1 Å². The first-order chi connectivity index (χ1) is 8.65. The van der Waals surface area contributed by atoms with Gasteiger partial charge >= 0.3 is 0 Å². The third-order valence-electron chi connectivity index (χ3n) is 3.69. The van der Waals surface area contributed by atoms with E-state index in [0.717, 1.165) is 12.8 Å². The number of hydrogen-bond donors (Lipinski definition) is 2. The molecule has 0 aromatic carbocycles. The molecule has 1 heterocycles. The number of allylic oxidation sites excluding steroid dienone is 2. The van der Waals surface area contributed by atoms with Crippen LogP contribution in [0.3, 0.4) is 0 Å². The van der Waals surface area contributed by atoms with Crippen molar-refractivity contribution in [3.63, 3.8) is 0 Å². The lowest BCUT2D eigenvalue weighted by molar-refractivity contribution is 0.394. The zero-order chi connectivity index (χ0) is 13.0. The van der Waals surface area contributed by atoms with Gasteiger partial charge < -0.3 is 5.32 Å². The van der Waals surface area contributed by atoms with Crippen molar-refractivity contribution < 1.29 is 0 Å². The van der Waals surface area contributed by atoms with Crippen LogP contribution in [0.15, 0.2) is 17.8 Å². The standard InChI is InChI=1S/C15H25N3/c1-11(2)5-4-6-12(3)17-14-7-8-15-13(9-14)10-16-18-15/h5,10,12,14,17H,4,6-9H2,1-3H3,(H,16,18). The number of hydrogen-bond acceptors (Lipinski definition) is 2. The number of rotatable bonds is 5. The molecule has 0 bridgehead atoms. The molecule has 2 atom stereocenters. The summed E-state index contributed by atoms with van der Waals surface area (Å²) < 4.78 is 0. The Hall–Kier alpha value is -1.09. The smallest absolute Gasteiger partial charge is 0.0522 e. The SMILES string of the molecule is CC(C)=CCCC(C)NC1CCc2[nH]ncc2C1. The lowest BCUT2D eigenvalue weighted by Crippen LogP contribution is -2.40. The average molecular weight is 247 g/mol. The van der Waals surface area contributed by atoms with Gasteiger partial charge in [0.2, 0.25) is 0 Å². The molecule has 1 aliphatic carbocycles. The van der Waals surface area contributed by atoms with Gasteiger partial charge in [-0.3, -0.25) is 5.10 Å². The topological polar surface area (TPSA) is 40.7 Å². The largest absolute Gasteiger partial charge is 0.311 e. The van der Waals surface area contributed by atoms with Gasteiger partial charge in [0.15, 0.2) is 0 Å². The van der Waals surface area contributed by atoms with Crippen molar-refractivity contribution in [1.82, 2.24) is 15.5 Å². The number of aromatic nitrogens is 2. The highest BCUT2D eigenvalue weighted by Gasteiger charge is 2.20. The minimum atomic E-state index is 0.596. The summed E-state index contributed by atoms with van der Waals surface area (Å²) >= 11 is 0. The maximum atomic E-state index is 4.13. The van der Waals surface area contributed by atoms with Crippen molar-refractivity contribution in [3.8, 4) is 0 Å². The van der Waals surface area contributed by atoms with Crippen LogP contribution >= 0.6 is 0 Å². The van der Waals surface area contributed by atoms with Gasteiger partial charge in [-0.2, -0.15) is 5.10 Å². The highest BCUT2D eigenvalue weighted by molar-refractivity contribution is 5.21. The molecule has 0 spiro atoms. The Labute approximate surface area is 110 Å². The molecule has 0 saturated heterocycles. The van der Waals surface area contributed by atoms with Crippen molar-refractivity contribution in [3.05, 3.63) is 29.1 Å². The van der Waals surface area contributed by atoms with Crippen LogP contribution in [0.5, 0.6) is 0 Å². The van der Waals surface area contributed by atoms with Crippen LogP contribution in [0, 0.1) is 0 Å². The second-order valence-electron chi connectivity index (χ2n) is 5.74. The Bertz CT molecular complexity index is 402. The molecule has 2 rings (SSSR count). The minimum Gasteiger partial charge on any atom is -0.311 e. The predicted octanol–water partition coefficient (Wildman–Crippen LogP) is 2.99. The normalized spacial score (nSPS) is 20.3. The van der Waals surface area contributed by atoms with Crippen LogP contribution in [0.2, 0.25) is 0 Å². The molecule has 0 aliphatic heterocycles. The summed E-state index contributed by atoms with van der Waals surface area (Å²) in [6.07, 6.45) is 10.2. The number of aromatic amines is 1. The highest BCUT2D eigenvalue weighted by atomic mass is 15.1. The third kappa shape index (κ3) is 3.70. The van der Waals surface area contributed by atoms with Gasteiger partial charge in [-0.05, 0) is 58.4 Å². The first-order valence-electron chi connectivity index (χ1n) is 7.05. The van der Waals surface area contributed by atoms with Gasteiger partial charge in [-0.1, -0.05) is 11.6 Å². The lowest BCUT2D eigenvalue weighted by atomic mass is 9.93. The van der Waals surface area contributed by atoms with Crippen molar-refractivity contribution in [1.29, 1.82) is 0 Å². The van der Waals surface area contributed by atoms with Gasteiger partial charge in [0.05, 0.1) is 6.20 Å². The Balaban J connectivity index is 1.76. The monoisotopic (exact) mass is 247 g/mol. The van der Waals surface area contributed by atoms with E-state index < -0.39 is 0 Å². The van der Waals surface area contributed by atoms with Crippen LogP contribution in [0.1, 0.15) is 51.3 Å². The molecule has 1 aromatic rings. The van der Waals surface area contributed by atoms with E-state index in [2.05, 4.69) is 42.4 Å².